The fourth-order valence-electron chi connectivity index (χ4n) is 3.50. The summed E-state index contributed by atoms with van der Waals surface area (Å²) in [6.45, 7) is 5.91. The number of thiocarbonyl (C=S) groups is 1. The first-order valence-electron chi connectivity index (χ1n) is 9.80. The molecule has 2 N–H and O–H groups in total. The van der Waals surface area contributed by atoms with Gasteiger partial charge in [0.25, 0.3) is 0 Å². The van der Waals surface area contributed by atoms with Gasteiger partial charge in [0.1, 0.15) is 11.6 Å². The molecule has 8 nitrogen and oxygen atoms in total. The van der Waals surface area contributed by atoms with E-state index in [-0.39, 0.29) is 0 Å². The Morgan fingerprint density at radius 2 is 1.76 bits per heavy atom. The van der Waals surface area contributed by atoms with Gasteiger partial charge < -0.3 is 29.9 Å². The van der Waals surface area contributed by atoms with Crippen LogP contribution in [0.1, 0.15) is 11.1 Å². The first-order valence-corrected chi connectivity index (χ1v) is 10.2. The van der Waals surface area contributed by atoms with E-state index in [1.807, 2.05) is 0 Å². The van der Waals surface area contributed by atoms with E-state index in [1.165, 1.54) is 11.1 Å². The van der Waals surface area contributed by atoms with Gasteiger partial charge >= 0.3 is 0 Å². The molecule has 0 radical (unpaired) electrons. The fourth-order valence-corrected chi connectivity index (χ4v) is 3.70. The van der Waals surface area contributed by atoms with Gasteiger partial charge in [-0.1, -0.05) is 24.3 Å². The highest BCUT2D eigenvalue weighted by molar-refractivity contribution is 7.80. The van der Waals surface area contributed by atoms with Crippen LogP contribution in [0.5, 0.6) is 0 Å². The zero-order chi connectivity index (χ0) is 20.1. The second-order valence-electron chi connectivity index (χ2n) is 7.01. The lowest BCUT2D eigenvalue weighted by atomic mass is 10.1. The molecule has 9 heteroatoms. The maximum absolute atomic E-state index is 5.49. The maximum Gasteiger partial charge on any atom is 0.232 e. The highest BCUT2D eigenvalue weighted by Gasteiger charge is 2.23. The van der Waals surface area contributed by atoms with Crippen molar-refractivity contribution in [3.05, 3.63) is 41.5 Å². The molecule has 0 bridgehead atoms. The van der Waals surface area contributed by atoms with Crippen molar-refractivity contribution in [2.45, 2.75) is 13.1 Å². The third-order valence-electron chi connectivity index (χ3n) is 5.02. The van der Waals surface area contributed by atoms with Crippen molar-refractivity contribution in [3.63, 3.8) is 0 Å². The zero-order valence-corrected chi connectivity index (χ0v) is 17.4. The summed E-state index contributed by atoms with van der Waals surface area (Å²) in [5.41, 5.74) is 2.68. The molecule has 1 aromatic carbocycles. The Labute approximate surface area is 176 Å². The van der Waals surface area contributed by atoms with Crippen LogP contribution < -0.4 is 20.4 Å². The number of nitrogens with zero attached hydrogens (tertiary/aromatic N) is 4. The van der Waals surface area contributed by atoms with Gasteiger partial charge in [-0.25, -0.2) is 0 Å². The van der Waals surface area contributed by atoms with E-state index in [0.29, 0.717) is 37.4 Å². The minimum absolute atomic E-state index is 0.483. The largest absolute Gasteiger partial charge is 0.383 e. The van der Waals surface area contributed by atoms with E-state index < -0.39 is 0 Å². The van der Waals surface area contributed by atoms with E-state index in [9.17, 15) is 0 Å². The van der Waals surface area contributed by atoms with E-state index in [1.54, 1.807) is 7.11 Å². The summed E-state index contributed by atoms with van der Waals surface area (Å²) in [5, 5.41) is 6.71. The number of hydrogen-bond acceptors (Lipinski definition) is 7. The molecule has 0 amide bonds. The molecule has 0 aliphatic carbocycles. The molecule has 2 aromatic rings. The number of benzene rings is 1. The topological polar surface area (TPSA) is 74.8 Å². The van der Waals surface area contributed by atoms with Crippen molar-refractivity contribution in [1.82, 2.24) is 15.3 Å². The molecule has 1 saturated heterocycles. The smallest absolute Gasteiger partial charge is 0.232 e. The third kappa shape index (κ3) is 4.92. The molecule has 29 heavy (non-hydrogen) atoms. The Kier molecular flexibility index (Phi) is 6.38. The van der Waals surface area contributed by atoms with Gasteiger partial charge in [-0.2, -0.15) is 9.97 Å². The van der Waals surface area contributed by atoms with Crippen LogP contribution in [-0.2, 0) is 22.6 Å². The molecular formula is C20H26N6O2S. The van der Waals surface area contributed by atoms with Gasteiger partial charge in [0, 0.05) is 45.9 Å². The maximum atomic E-state index is 5.49. The van der Waals surface area contributed by atoms with Crippen molar-refractivity contribution in [3.8, 4) is 0 Å². The summed E-state index contributed by atoms with van der Waals surface area (Å²) >= 11 is 5.38. The van der Waals surface area contributed by atoms with Gasteiger partial charge in [0.2, 0.25) is 5.95 Å². The Hall–Kier alpha value is -2.49. The molecule has 1 aromatic heterocycles. The van der Waals surface area contributed by atoms with Crippen molar-refractivity contribution in [2.75, 3.05) is 61.7 Å². The Balaban J connectivity index is 1.56. The first-order chi connectivity index (χ1) is 14.2. The highest BCUT2D eigenvalue weighted by atomic mass is 32.1. The van der Waals surface area contributed by atoms with E-state index in [2.05, 4.69) is 50.8 Å². The number of nitrogens with one attached hydrogen (secondary N) is 2. The zero-order valence-electron chi connectivity index (χ0n) is 16.6. The fraction of sp³-hybridized carbons (Fsp3) is 0.450. The molecule has 0 atom stereocenters. The predicted octanol–water partition coefficient (Wildman–Crippen LogP) is 1.77. The highest BCUT2D eigenvalue weighted by Crippen LogP contribution is 2.29. The van der Waals surface area contributed by atoms with Crippen LogP contribution in [0.25, 0.3) is 0 Å². The quantitative estimate of drug-likeness (QED) is 0.543. The number of ether oxygens (including phenoxy) is 2. The summed E-state index contributed by atoms with van der Waals surface area (Å²) in [4.78, 5) is 14.0. The molecule has 2 aliphatic heterocycles. The van der Waals surface area contributed by atoms with Crippen molar-refractivity contribution in [2.24, 2.45) is 0 Å². The molecule has 4 rings (SSSR count). The molecule has 3 heterocycles. The molecule has 0 spiro atoms. The van der Waals surface area contributed by atoms with Crippen LogP contribution in [0.4, 0.5) is 17.6 Å². The minimum atomic E-state index is 0.483. The average Bonchev–Trinajstić information content (AvgIpc) is 3.19. The molecule has 2 aliphatic rings. The van der Waals surface area contributed by atoms with Crippen molar-refractivity contribution >= 4 is 34.9 Å². The lowest BCUT2D eigenvalue weighted by molar-refractivity contribution is 0.122. The summed E-state index contributed by atoms with van der Waals surface area (Å²) in [7, 11) is 1.66. The van der Waals surface area contributed by atoms with Crippen LogP contribution in [-0.4, -0.2) is 61.6 Å². The molecule has 0 unspecified atom stereocenters. The predicted molar refractivity (Wildman–Crippen MR) is 117 cm³/mol. The van der Waals surface area contributed by atoms with Crippen molar-refractivity contribution in [1.29, 1.82) is 0 Å². The third-order valence-corrected chi connectivity index (χ3v) is 5.26. The van der Waals surface area contributed by atoms with Gasteiger partial charge in [0.05, 0.1) is 19.8 Å². The number of hydrogen-bond donors (Lipinski definition) is 2. The normalized spacial score (nSPS) is 15.9. The lowest BCUT2D eigenvalue weighted by Crippen LogP contribution is -2.37. The summed E-state index contributed by atoms with van der Waals surface area (Å²) in [6.07, 6.45) is 0. The van der Waals surface area contributed by atoms with Crippen molar-refractivity contribution < 1.29 is 9.47 Å². The van der Waals surface area contributed by atoms with Gasteiger partial charge in [0.15, 0.2) is 5.11 Å². The van der Waals surface area contributed by atoms with Gasteiger partial charge in [-0.05, 0) is 23.3 Å². The van der Waals surface area contributed by atoms with Gasteiger partial charge in [-0.3, -0.25) is 0 Å². The van der Waals surface area contributed by atoms with E-state index >= 15 is 0 Å². The Morgan fingerprint density at radius 3 is 2.41 bits per heavy atom. The Morgan fingerprint density at radius 1 is 1.10 bits per heavy atom. The summed E-state index contributed by atoms with van der Waals surface area (Å²) in [6, 6.07) is 10.6. The SMILES string of the molecule is COCCNC(=S)Nc1nc(N2CCOCC2)cc(N2Cc3ccccc3C2)n1. The second kappa shape index (κ2) is 9.34. The van der Waals surface area contributed by atoms with Gasteiger partial charge in [-0.15, -0.1) is 0 Å². The number of rotatable bonds is 6. The lowest BCUT2D eigenvalue weighted by Gasteiger charge is -2.29. The average molecular weight is 415 g/mol. The number of morpholine rings is 1. The number of methoxy groups -OCH3 is 1. The minimum Gasteiger partial charge on any atom is -0.383 e. The standard InChI is InChI=1S/C20H26N6O2S/c1-27-9-6-21-20(29)24-19-22-17(25-7-10-28-11-8-25)12-18(23-19)26-13-15-4-2-3-5-16(15)14-26/h2-5,12H,6-11,13-14H2,1H3,(H2,21,22,23,24,29). The number of fused-ring (bicyclic) bond motifs is 1. The first kappa shape index (κ1) is 19.8. The van der Waals surface area contributed by atoms with E-state index in [4.69, 9.17) is 31.7 Å². The Bertz CT molecular complexity index is 834. The van der Waals surface area contributed by atoms with Crippen LogP contribution in [0.2, 0.25) is 0 Å². The molecule has 0 saturated carbocycles. The molecule has 1 fully saturated rings. The van der Waals surface area contributed by atoms with Crippen LogP contribution in [0.15, 0.2) is 30.3 Å². The monoisotopic (exact) mass is 414 g/mol. The van der Waals surface area contributed by atoms with Crippen LogP contribution >= 0.6 is 12.2 Å². The second-order valence-corrected chi connectivity index (χ2v) is 7.41. The summed E-state index contributed by atoms with van der Waals surface area (Å²) < 4.78 is 10.5. The van der Waals surface area contributed by atoms with Crippen LogP contribution in [0, 0.1) is 0 Å². The van der Waals surface area contributed by atoms with E-state index in [0.717, 1.165) is 37.8 Å². The molecule has 154 valence electrons. The number of aromatic nitrogens is 2. The summed E-state index contributed by atoms with van der Waals surface area (Å²) in [5.74, 6) is 2.27. The number of anilines is 3. The molecular weight excluding hydrogens is 388 g/mol. The van der Waals surface area contributed by atoms with Crippen LogP contribution in [0.3, 0.4) is 0 Å².